The summed E-state index contributed by atoms with van der Waals surface area (Å²) < 4.78 is 4.24. The third kappa shape index (κ3) is 3.39. The number of fused-ring (bicyclic) bond motifs is 4. The van der Waals surface area contributed by atoms with Crippen LogP contribution < -0.4 is 5.32 Å². The van der Waals surface area contributed by atoms with Crippen LogP contribution in [-0.2, 0) is 11.3 Å². The van der Waals surface area contributed by atoms with E-state index in [1.807, 2.05) is 71.6 Å². The second-order valence-electron chi connectivity index (χ2n) is 9.26. The fourth-order valence-electron chi connectivity index (χ4n) is 5.41. The number of amides is 1. The summed E-state index contributed by atoms with van der Waals surface area (Å²) in [6.45, 7) is 3.08. The maximum Gasteiger partial charge on any atom is 0.256 e. The quantitative estimate of drug-likeness (QED) is 0.272. The van der Waals surface area contributed by atoms with E-state index in [1.165, 1.54) is 21.8 Å². The van der Waals surface area contributed by atoms with Crippen LogP contribution in [0.1, 0.15) is 18.1 Å². The van der Waals surface area contributed by atoms with Crippen LogP contribution >= 0.6 is 0 Å². The van der Waals surface area contributed by atoms with Crippen LogP contribution in [-0.4, -0.2) is 20.3 Å². The summed E-state index contributed by atoms with van der Waals surface area (Å²) in [7, 11) is 0. The molecule has 0 atom stereocenters. The Morgan fingerprint density at radius 3 is 2.46 bits per heavy atom. The molecule has 4 aromatic carbocycles. The van der Waals surface area contributed by atoms with Crippen LogP contribution in [0.25, 0.3) is 50.4 Å². The smallest absolute Gasteiger partial charge is 0.256 e. The lowest BCUT2D eigenvalue weighted by Crippen LogP contribution is -2.03. The van der Waals surface area contributed by atoms with Crippen molar-refractivity contribution in [3.05, 3.63) is 114 Å². The molecule has 0 aliphatic carbocycles. The van der Waals surface area contributed by atoms with Crippen LogP contribution in [0.3, 0.4) is 0 Å². The van der Waals surface area contributed by atoms with E-state index in [0.29, 0.717) is 5.57 Å². The van der Waals surface area contributed by atoms with Crippen molar-refractivity contribution >= 4 is 45.0 Å². The molecular weight excluding hydrogens is 456 g/mol. The topological polar surface area (TPSA) is 51.9 Å². The van der Waals surface area contributed by atoms with Crippen LogP contribution in [0.5, 0.6) is 0 Å². The third-order valence-electron chi connectivity index (χ3n) is 7.14. The Labute approximate surface area is 214 Å². The normalized spacial score (nSPS) is 14.0. The van der Waals surface area contributed by atoms with Crippen LogP contribution in [0.2, 0.25) is 0 Å². The number of hydrogen-bond acceptors (Lipinski definition) is 2. The number of rotatable bonds is 4. The predicted octanol–water partition coefficient (Wildman–Crippen LogP) is 7.16. The fraction of sp³-hybridized carbons (Fsp3) is 0.0625. The second-order valence-corrected chi connectivity index (χ2v) is 9.26. The second kappa shape index (κ2) is 8.35. The van der Waals surface area contributed by atoms with Crippen molar-refractivity contribution in [1.82, 2.24) is 14.3 Å². The first-order valence-electron chi connectivity index (χ1n) is 12.5. The first-order chi connectivity index (χ1) is 18.2. The molecule has 0 saturated carbocycles. The zero-order valence-corrected chi connectivity index (χ0v) is 20.3. The number of nitrogens with one attached hydrogen (secondary N) is 1. The highest BCUT2D eigenvalue weighted by Gasteiger charge is 2.25. The molecule has 2 aromatic heterocycles. The monoisotopic (exact) mass is 480 g/mol. The van der Waals surface area contributed by atoms with Gasteiger partial charge in [0.15, 0.2) is 0 Å². The molecule has 5 heteroatoms. The van der Waals surface area contributed by atoms with Gasteiger partial charge in [-0.3, -0.25) is 4.79 Å². The van der Waals surface area contributed by atoms with E-state index < -0.39 is 0 Å². The molecule has 7 rings (SSSR count). The molecule has 0 spiro atoms. The minimum Gasteiger partial charge on any atom is -0.341 e. The van der Waals surface area contributed by atoms with Crippen molar-refractivity contribution < 1.29 is 4.79 Å². The molecule has 0 unspecified atom stereocenters. The molecule has 37 heavy (non-hydrogen) atoms. The van der Waals surface area contributed by atoms with Crippen molar-refractivity contribution in [2.45, 2.75) is 13.5 Å². The summed E-state index contributed by atoms with van der Waals surface area (Å²) in [5, 5.41) is 10.4. The maximum atomic E-state index is 12.9. The van der Waals surface area contributed by atoms with Crippen molar-refractivity contribution in [1.29, 1.82) is 0 Å². The maximum absolute atomic E-state index is 12.9. The van der Waals surface area contributed by atoms with Gasteiger partial charge in [0.1, 0.15) is 0 Å². The number of benzene rings is 4. The fourth-order valence-corrected chi connectivity index (χ4v) is 5.41. The van der Waals surface area contributed by atoms with E-state index >= 15 is 0 Å². The van der Waals surface area contributed by atoms with Crippen molar-refractivity contribution in [2.75, 3.05) is 5.32 Å². The molecule has 1 aliphatic heterocycles. The molecule has 0 fully saturated rings. The molecule has 1 amide bonds. The van der Waals surface area contributed by atoms with Crippen molar-refractivity contribution in [2.24, 2.45) is 0 Å². The lowest BCUT2D eigenvalue weighted by molar-refractivity contribution is -0.110. The molecule has 0 bridgehead atoms. The zero-order valence-electron chi connectivity index (χ0n) is 20.3. The first-order valence-corrected chi connectivity index (χ1v) is 12.5. The zero-order chi connectivity index (χ0) is 24.9. The van der Waals surface area contributed by atoms with Gasteiger partial charge in [0.2, 0.25) is 0 Å². The van der Waals surface area contributed by atoms with Gasteiger partial charge in [-0.1, -0.05) is 60.7 Å². The summed E-state index contributed by atoms with van der Waals surface area (Å²) >= 11 is 0. The largest absolute Gasteiger partial charge is 0.341 e. The Kier molecular flexibility index (Phi) is 4.83. The average molecular weight is 481 g/mol. The highest BCUT2D eigenvalue weighted by Crippen LogP contribution is 2.37. The standard InChI is InChI=1S/C32H24N4O/c1-2-35-29-15-9-7-13-25(29)26-18-21(16-17-30(26)35)31-22(20-36(34-31)23-10-4-3-5-11-23)19-27-24-12-6-8-14-28(24)33-32(27)37/h3-20H,2H2,1H3,(H,33,37)/b27-19-. The Balaban J connectivity index is 1.46. The highest BCUT2D eigenvalue weighted by molar-refractivity contribution is 6.35. The van der Waals surface area contributed by atoms with Crippen LogP contribution in [0.4, 0.5) is 5.69 Å². The molecule has 6 aromatic rings. The number of para-hydroxylation sites is 3. The molecule has 5 nitrogen and oxygen atoms in total. The van der Waals surface area contributed by atoms with Gasteiger partial charge in [-0.2, -0.15) is 5.10 Å². The van der Waals surface area contributed by atoms with Gasteiger partial charge in [-0.25, -0.2) is 4.68 Å². The van der Waals surface area contributed by atoms with Gasteiger partial charge in [0, 0.05) is 62.5 Å². The molecular formula is C32H24N4O. The van der Waals surface area contributed by atoms with Crippen molar-refractivity contribution in [3.63, 3.8) is 0 Å². The summed E-state index contributed by atoms with van der Waals surface area (Å²) in [4.78, 5) is 12.9. The number of aromatic nitrogens is 3. The molecule has 1 aliphatic rings. The Morgan fingerprint density at radius 1 is 0.838 bits per heavy atom. The van der Waals surface area contributed by atoms with E-state index in [0.717, 1.165) is 40.3 Å². The Morgan fingerprint density at radius 2 is 1.59 bits per heavy atom. The molecule has 3 heterocycles. The van der Waals surface area contributed by atoms with Gasteiger partial charge in [-0.15, -0.1) is 0 Å². The average Bonchev–Trinajstić information content (AvgIpc) is 3.61. The predicted molar refractivity (Wildman–Crippen MR) is 151 cm³/mol. The van der Waals surface area contributed by atoms with Gasteiger partial charge in [0.25, 0.3) is 5.91 Å². The minimum absolute atomic E-state index is 0.0962. The van der Waals surface area contributed by atoms with Gasteiger partial charge in [0.05, 0.1) is 11.4 Å². The van der Waals surface area contributed by atoms with E-state index in [1.54, 1.807) is 0 Å². The third-order valence-corrected chi connectivity index (χ3v) is 7.14. The lowest BCUT2D eigenvalue weighted by Gasteiger charge is -2.04. The van der Waals surface area contributed by atoms with Gasteiger partial charge in [-0.05, 0) is 49.4 Å². The van der Waals surface area contributed by atoms with E-state index in [4.69, 9.17) is 5.10 Å². The SMILES string of the molecule is CCn1c2ccccc2c2cc(-c3nn(-c4ccccc4)cc3/C=C3\C(=O)Nc4ccccc43)ccc21. The number of aryl methyl sites for hydroxylation is 1. The summed E-state index contributed by atoms with van der Waals surface area (Å²) in [6, 6.07) is 32.9. The number of carbonyl (C=O) groups is 1. The number of anilines is 1. The summed E-state index contributed by atoms with van der Waals surface area (Å²) in [5.41, 5.74) is 8.54. The minimum atomic E-state index is -0.0962. The summed E-state index contributed by atoms with van der Waals surface area (Å²) in [5.74, 6) is -0.0962. The number of hydrogen-bond donors (Lipinski definition) is 1. The number of carbonyl (C=O) groups excluding carboxylic acids is 1. The number of nitrogens with zero attached hydrogens (tertiary/aromatic N) is 3. The van der Waals surface area contributed by atoms with E-state index in [2.05, 4.69) is 59.3 Å². The first kappa shape index (κ1) is 21.4. The lowest BCUT2D eigenvalue weighted by atomic mass is 10.0. The Hall–Kier alpha value is -4.90. The summed E-state index contributed by atoms with van der Waals surface area (Å²) in [6.07, 6.45) is 3.97. The Bertz CT molecular complexity index is 1860. The molecule has 0 saturated heterocycles. The van der Waals surface area contributed by atoms with E-state index in [9.17, 15) is 4.79 Å². The highest BCUT2D eigenvalue weighted by atomic mass is 16.2. The van der Waals surface area contributed by atoms with Gasteiger partial charge >= 0.3 is 0 Å². The molecule has 1 N–H and O–H groups in total. The molecule has 178 valence electrons. The van der Waals surface area contributed by atoms with Crippen LogP contribution in [0, 0.1) is 0 Å². The van der Waals surface area contributed by atoms with Gasteiger partial charge < -0.3 is 9.88 Å². The van der Waals surface area contributed by atoms with Crippen LogP contribution in [0.15, 0.2) is 103 Å². The molecule has 0 radical (unpaired) electrons. The van der Waals surface area contributed by atoms with Crippen molar-refractivity contribution in [3.8, 4) is 16.9 Å². The van der Waals surface area contributed by atoms with E-state index in [-0.39, 0.29) is 5.91 Å².